The molecule has 1 aliphatic heterocycles. The maximum Gasteiger partial charge on any atom is 0.293 e. The number of rotatable bonds is 3. The van der Waals surface area contributed by atoms with Crippen LogP contribution in [0.3, 0.4) is 0 Å². The fourth-order valence-electron chi connectivity index (χ4n) is 2.57. The molecule has 3 aromatic heterocycles. The quantitative estimate of drug-likeness (QED) is 0.732. The molecule has 25 heavy (non-hydrogen) atoms. The summed E-state index contributed by atoms with van der Waals surface area (Å²) in [7, 11) is 0. The van der Waals surface area contributed by atoms with Crippen LogP contribution in [0.5, 0.6) is 0 Å². The molecule has 1 aliphatic rings. The predicted octanol–water partition coefficient (Wildman–Crippen LogP) is 3.90. The molecule has 2 amide bonds. The molecule has 4 rings (SSSR count). The zero-order valence-corrected chi connectivity index (χ0v) is 15.2. The van der Waals surface area contributed by atoms with Crippen LogP contribution in [0.1, 0.15) is 30.8 Å². The summed E-state index contributed by atoms with van der Waals surface area (Å²) in [6.45, 7) is 1.08. The van der Waals surface area contributed by atoms with Crippen LogP contribution in [-0.2, 0) is 13.0 Å². The number of furan rings is 1. The van der Waals surface area contributed by atoms with Gasteiger partial charge in [0, 0.05) is 17.8 Å². The molecule has 0 saturated heterocycles. The number of hydrogen-bond acceptors (Lipinski definition) is 6. The third-order valence-electron chi connectivity index (χ3n) is 3.77. The summed E-state index contributed by atoms with van der Waals surface area (Å²) in [6.07, 6.45) is 2.11. The van der Waals surface area contributed by atoms with Crippen molar-refractivity contribution in [1.82, 2.24) is 9.88 Å². The number of fused-ring (bicyclic) bond motifs is 1. The van der Waals surface area contributed by atoms with E-state index in [9.17, 15) is 9.59 Å². The monoisotopic (exact) mass is 393 g/mol. The standard InChI is InChI=1S/C16H12ClN3O3S2/c17-13-4-3-11(24-13)15(22)20-6-5-9-12(8-20)25-16(18-9)19-14(21)10-2-1-7-23-10/h1-4,7H,5-6,8H2,(H,18,19,21). The number of halogens is 1. The summed E-state index contributed by atoms with van der Waals surface area (Å²) in [5, 5.41) is 3.25. The number of carbonyl (C=O) groups is 2. The van der Waals surface area contributed by atoms with Gasteiger partial charge in [0.25, 0.3) is 11.8 Å². The molecule has 4 heterocycles. The molecule has 1 N–H and O–H groups in total. The first-order valence-electron chi connectivity index (χ1n) is 7.48. The van der Waals surface area contributed by atoms with Crippen molar-refractivity contribution in [3.05, 3.63) is 56.1 Å². The summed E-state index contributed by atoms with van der Waals surface area (Å²) in [4.78, 5) is 32.4. The van der Waals surface area contributed by atoms with Crippen LogP contribution in [0.25, 0.3) is 0 Å². The van der Waals surface area contributed by atoms with Gasteiger partial charge in [-0.3, -0.25) is 14.9 Å². The van der Waals surface area contributed by atoms with E-state index in [1.165, 1.54) is 28.9 Å². The average Bonchev–Trinajstić information content (AvgIpc) is 3.33. The second-order valence-corrected chi connectivity index (χ2v) is 8.20. The summed E-state index contributed by atoms with van der Waals surface area (Å²) in [5.41, 5.74) is 0.924. The molecule has 0 fully saturated rings. The summed E-state index contributed by atoms with van der Waals surface area (Å²) in [5.74, 6) is -0.131. The van der Waals surface area contributed by atoms with Gasteiger partial charge in [0.05, 0.1) is 27.7 Å². The van der Waals surface area contributed by atoms with Crippen LogP contribution in [0, 0.1) is 0 Å². The van der Waals surface area contributed by atoms with Gasteiger partial charge in [0.1, 0.15) is 0 Å². The number of hydrogen-bond donors (Lipinski definition) is 1. The summed E-state index contributed by atoms with van der Waals surface area (Å²) in [6, 6.07) is 6.72. The van der Waals surface area contributed by atoms with Gasteiger partial charge in [-0.25, -0.2) is 4.98 Å². The van der Waals surface area contributed by atoms with Gasteiger partial charge in [0.15, 0.2) is 10.9 Å². The Kier molecular flexibility index (Phi) is 4.32. The normalized spacial score (nSPS) is 13.6. The summed E-state index contributed by atoms with van der Waals surface area (Å²) >= 11 is 8.57. The Labute approximate surface area is 156 Å². The lowest BCUT2D eigenvalue weighted by molar-refractivity contribution is 0.0741. The molecular formula is C16H12ClN3O3S2. The highest BCUT2D eigenvalue weighted by atomic mass is 35.5. The average molecular weight is 394 g/mol. The smallest absolute Gasteiger partial charge is 0.293 e. The molecule has 0 saturated carbocycles. The lowest BCUT2D eigenvalue weighted by Crippen LogP contribution is -2.35. The van der Waals surface area contributed by atoms with Gasteiger partial charge >= 0.3 is 0 Å². The molecule has 0 atom stereocenters. The van der Waals surface area contributed by atoms with E-state index in [0.29, 0.717) is 33.9 Å². The van der Waals surface area contributed by atoms with Crippen molar-refractivity contribution in [3.63, 3.8) is 0 Å². The van der Waals surface area contributed by atoms with E-state index in [1.54, 1.807) is 29.2 Å². The molecule has 0 aromatic carbocycles. The minimum Gasteiger partial charge on any atom is -0.459 e. The van der Waals surface area contributed by atoms with Gasteiger partial charge in [-0.2, -0.15) is 0 Å². The maximum absolute atomic E-state index is 12.5. The number of aromatic nitrogens is 1. The van der Waals surface area contributed by atoms with Crippen LogP contribution >= 0.6 is 34.3 Å². The first-order valence-corrected chi connectivity index (χ1v) is 9.49. The van der Waals surface area contributed by atoms with Crippen LogP contribution < -0.4 is 5.32 Å². The Morgan fingerprint density at radius 3 is 2.88 bits per heavy atom. The highest BCUT2D eigenvalue weighted by Gasteiger charge is 2.26. The van der Waals surface area contributed by atoms with Crippen LogP contribution in [0.4, 0.5) is 5.13 Å². The Morgan fingerprint density at radius 1 is 1.28 bits per heavy atom. The second-order valence-electron chi connectivity index (χ2n) is 5.40. The van der Waals surface area contributed by atoms with Crippen molar-refractivity contribution in [3.8, 4) is 0 Å². The SMILES string of the molecule is O=C(Nc1nc2c(s1)CN(C(=O)c1ccc(Cl)s1)CC2)c1ccco1. The molecule has 9 heteroatoms. The molecule has 0 aliphatic carbocycles. The van der Waals surface area contributed by atoms with Crippen LogP contribution in [-0.4, -0.2) is 28.2 Å². The van der Waals surface area contributed by atoms with E-state index in [-0.39, 0.29) is 17.6 Å². The minimum atomic E-state index is -0.336. The van der Waals surface area contributed by atoms with Gasteiger partial charge in [-0.1, -0.05) is 22.9 Å². The molecule has 128 valence electrons. The number of anilines is 1. The Hall–Kier alpha value is -2.16. The van der Waals surface area contributed by atoms with Gasteiger partial charge < -0.3 is 9.32 Å². The first-order chi connectivity index (χ1) is 12.1. The molecule has 0 spiro atoms. The van der Waals surface area contributed by atoms with Crippen LogP contribution in [0.15, 0.2) is 34.9 Å². The van der Waals surface area contributed by atoms with Crippen molar-refractivity contribution < 1.29 is 14.0 Å². The predicted molar refractivity (Wildman–Crippen MR) is 96.5 cm³/mol. The maximum atomic E-state index is 12.5. The highest BCUT2D eigenvalue weighted by molar-refractivity contribution is 7.18. The van der Waals surface area contributed by atoms with E-state index >= 15 is 0 Å². The third-order valence-corrected chi connectivity index (χ3v) is 5.98. The highest BCUT2D eigenvalue weighted by Crippen LogP contribution is 2.30. The Bertz CT molecular complexity index is 932. The molecule has 0 bridgehead atoms. The Morgan fingerprint density at radius 2 is 2.16 bits per heavy atom. The number of amides is 2. The number of nitrogens with zero attached hydrogens (tertiary/aromatic N) is 2. The molecule has 3 aromatic rings. The van der Waals surface area contributed by atoms with Crippen molar-refractivity contribution in [2.45, 2.75) is 13.0 Å². The van der Waals surface area contributed by atoms with Crippen molar-refractivity contribution in [1.29, 1.82) is 0 Å². The number of nitrogens with one attached hydrogen (secondary N) is 1. The zero-order chi connectivity index (χ0) is 17.4. The molecule has 6 nitrogen and oxygen atoms in total. The largest absolute Gasteiger partial charge is 0.459 e. The zero-order valence-electron chi connectivity index (χ0n) is 12.8. The number of thiophene rings is 1. The van der Waals surface area contributed by atoms with Gasteiger partial charge in [-0.05, 0) is 24.3 Å². The first kappa shape index (κ1) is 16.3. The number of thiazole rings is 1. The number of carbonyl (C=O) groups excluding carboxylic acids is 2. The topological polar surface area (TPSA) is 75.4 Å². The van der Waals surface area contributed by atoms with E-state index in [2.05, 4.69) is 10.3 Å². The van der Waals surface area contributed by atoms with E-state index in [0.717, 1.165) is 10.6 Å². The van der Waals surface area contributed by atoms with E-state index < -0.39 is 0 Å². The molecule has 0 unspecified atom stereocenters. The van der Waals surface area contributed by atoms with Gasteiger partial charge in [-0.15, -0.1) is 11.3 Å². The third kappa shape index (κ3) is 3.33. The lowest BCUT2D eigenvalue weighted by Gasteiger charge is -2.25. The van der Waals surface area contributed by atoms with Crippen molar-refractivity contribution >= 4 is 51.2 Å². The van der Waals surface area contributed by atoms with Crippen LogP contribution in [0.2, 0.25) is 4.34 Å². The fourth-order valence-corrected chi connectivity index (χ4v) is 4.60. The fraction of sp³-hybridized carbons (Fsp3) is 0.188. The molecular weight excluding hydrogens is 382 g/mol. The second kappa shape index (κ2) is 6.62. The van der Waals surface area contributed by atoms with E-state index in [4.69, 9.17) is 16.0 Å². The van der Waals surface area contributed by atoms with Gasteiger partial charge in [0.2, 0.25) is 0 Å². The van der Waals surface area contributed by atoms with Crippen molar-refractivity contribution in [2.24, 2.45) is 0 Å². The van der Waals surface area contributed by atoms with Crippen molar-refractivity contribution in [2.75, 3.05) is 11.9 Å². The molecule has 0 radical (unpaired) electrons. The Balaban J connectivity index is 1.47. The summed E-state index contributed by atoms with van der Waals surface area (Å²) < 4.78 is 5.67. The minimum absolute atomic E-state index is 0.0304. The lowest BCUT2D eigenvalue weighted by atomic mass is 10.2. The van der Waals surface area contributed by atoms with E-state index in [1.807, 2.05) is 0 Å².